The van der Waals surface area contributed by atoms with E-state index in [1.807, 2.05) is 42.5 Å². The summed E-state index contributed by atoms with van der Waals surface area (Å²) in [5.74, 6) is 1.74. The average Bonchev–Trinajstić information content (AvgIpc) is 3.84. The van der Waals surface area contributed by atoms with Crippen LogP contribution in [0.1, 0.15) is 0 Å². The molecular formula is C47H29N7. The van der Waals surface area contributed by atoms with Gasteiger partial charge in [0.15, 0.2) is 11.6 Å². The Bertz CT molecular complexity index is 3170. The van der Waals surface area contributed by atoms with Crippen LogP contribution in [0.3, 0.4) is 0 Å². The molecule has 0 amide bonds. The fraction of sp³-hybridized carbons (Fsp3) is 0. The molecule has 0 fully saturated rings. The molecule has 0 aliphatic rings. The molecule has 0 bridgehead atoms. The van der Waals surface area contributed by atoms with E-state index in [1.54, 1.807) is 4.80 Å². The van der Waals surface area contributed by atoms with E-state index in [0.29, 0.717) is 17.6 Å². The first-order valence-electron chi connectivity index (χ1n) is 17.9. The highest BCUT2D eigenvalue weighted by atomic mass is 15.5. The molecule has 0 N–H and O–H groups in total. The maximum absolute atomic E-state index is 5.25. The molecule has 7 nitrogen and oxygen atoms in total. The highest BCUT2D eigenvalue weighted by molar-refractivity contribution is 6.19. The first kappa shape index (κ1) is 30.1. The van der Waals surface area contributed by atoms with Gasteiger partial charge in [-0.05, 0) is 69.8 Å². The molecule has 0 aliphatic heterocycles. The number of nitrogens with zero attached hydrogens (tertiary/aromatic N) is 7. The van der Waals surface area contributed by atoms with Gasteiger partial charge in [-0.2, -0.15) is 14.8 Å². The van der Waals surface area contributed by atoms with E-state index in [-0.39, 0.29) is 0 Å². The molecule has 7 heteroatoms. The summed E-state index contributed by atoms with van der Waals surface area (Å²) in [6.45, 7) is 0. The molecule has 252 valence electrons. The zero-order valence-corrected chi connectivity index (χ0v) is 28.9. The van der Waals surface area contributed by atoms with E-state index < -0.39 is 0 Å². The summed E-state index contributed by atoms with van der Waals surface area (Å²) >= 11 is 0. The van der Waals surface area contributed by atoms with Crippen LogP contribution in [-0.2, 0) is 0 Å². The van der Waals surface area contributed by atoms with E-state index >= 15 is 0 Å². The highest BCUT2D eigenvalue weighted by Crippen LogP contribution is 2.36. The van der Waals surface area contributed by atoms with Crippen LogP contribution in [-0.4, -0.2) is 34.5 Å². The minimum atomic E-state index is 0.559. The van der Waals surface area contributed by atoms with Crippen molar-refractivity contribution in [2.24, 2.45) is 0 Å². The van der Waals surface area contributed by atoms with Crippen LogP contribution in [0.4, 0.5) is 0 Å². The van der Waals surface area contributed by atoms with Crippen molar-refractivity contribution >= 4 is 54.4 Å². The fourth-order valence-corrected chi connectivity index (χ4v) is 7.66. The maximum atomic E-state index is 5.25. The first-order valence-corrected chi connectivity index (χ1v) is 17.9. The first-order chi connectivity index (χ1) is 26.7. The van der Waals surface area contributed by atoms with Crippen LogP contribution < -0.4 is 0 Å². The van der Waals surface area contributed by atoms with E-state index in [1.165, 1.54) is 0 Å². The molecule has 0 radical (unpaired) electrons. The van der Waals surface area contributed by atoms with Crippen molar-refractivity contribution in [2.75, 3.05) is 0 Å². The van der Waals surface area contributed by atoms with Gasteiger partial charge in [-0.25, -0.2) is 4.98 Å². The molecule has 0 aliphatic carbocycles. The Hall–Kier alpha value is -7.51. The molecule has 11 aromatic rings. The smallest absolute Gasteiger partial charge is 0.238 e. The van der Waals surface area contributed by atoms with Crippen molar-refractivity contribution in [2.45, 2.75) is 0 Å². The number of para-hydroxylation sites is 3. The molecule has 0 saturated heterocycles. The van der Waals surface area contributed by atoms with E-state index in [0.717, 1.165) is 82.3 Å². The Kier molecular flexibility index (Phi) is 6.72. The van der Waals surface area contributed by atoms with Gasteiger partial charge in [0.25, 0.3) is 0 Å². The van der Waals surface area contributed by atoms with Gasteiger partial charge in [-0.1, -0.05) is 133 Å². The average molecular weight is 692 g/mol. The molecule has 11 rings (SSSR count). The quantitative estimate of drug-likeness (QED) is 0.168. The van der Waals surface area contributed by atoms with Gasteiger partial charge in [0.05, 0.1) is 16.7 Å². The van der Waals surface area contributed by atoms with Crippen molar-refractivity contribution in [1.29, 1.82) is 0 Å². The minimum Gasteiger partial charge on any atom is -0.278 e. The second-order valence-corrected chi connectivity index (χ2v) is 13.5. The molecule has 0 spiro atoms. The third-order valence-electron chi connectivity index (χ3n) is 10.2. The van der Waals surface area contributed by atoms with Crippen molar-refractivity contribution in [3.05, 3.63) is 176 Å². The summed E-state index contributed by atoms with van der Waals surface area (Å²) in [5.41, 5.74) is 8.68. The SMILES string of the molecule is c1ccc(-c2cccc(-c3nc(-c4ccc5ccc6ccc7nn(-c8ccccc8)nc7c6c5c4)nc(-n4c5ccccc5c5ccccc54)n3)c2)cc1. The number of hydrogen-bond donors (Lipinski definition) is 0. The maximum Gasteiger partial charge on any atom is 0.238 e. The van der Waals surface area contributed by atoms with Crippen LogP contribution in [0.5, 0.6) is 0 Å². The van der Waals surface area contributed by atoms with E-state index in [4.69, 9.17) is 25.1 Å². The van der Waals surface area contributed by atoms with Gasteiger partial charge >= 0.3 is 0 Å². The highest BCUT2D eigenvalue weighted by Gasteiger charge is 2.19. The van der Waals surface area contributed by atoms with Crippen LogP contribution >= 0.6 is 0 Å². The van der Waals surface area contributed by atoms with E-state index in [9.17, 15) is 0 Å². The Morgan fingerprint density at radius 1 is 0.389 bits per heavy atom. The molecule has 8 aromatic carbocycles. The molecule has 0 saturated carbocycles. The van der Waals surface area contributed by atoms with Crippen molar-refractivity contribution in [3.63, 3.8) is 0 Å². The van der Waals surface area contributed by atoms with Crippen molar-refractivity contribution in [1.82, 2.24) is 34.5 Å². The van der Waals surface area contributed by atoms with Gasteiger partial charge in [0, 0.05) is 27.3 Å². The normalized spacial score (nSPS) is 11.7. The summed E-state index contributed by atoms with van der Waals surface area (Å²) in [7, 11) is 0. The Morgan fingerprint density at radius 2 is 0.981 bits per heavy atom. The third-order valence-corrected chi connectivity index (χ3v) is 10.2. The lowest BCUT2D eigenvalue weighted by atomic mass is 9.98. The van der Waals surface area contributed by atoms with Gasteiger partial charge in [0.2, 0.25) is 5.95 Å². The van der Waals surface area contributed by atoms with Gasteiger partial charge < -0.3 is 0 Å². The van der Waals surface area contributed by atoms with Gasteiger partial charge in [-0.15, -0.1) is 10.2 Å². The van der Waals surface area contributed by atoms with Crippen molar-refractivity contribution in [3.8, 4) is 45.5 Å². The standard InChI is InChI=1S/C47H29N7/c1-3-12-30(13-4-1)33-14-11-15-34(28-33)45-48-46(50-47(49-45)53-41-20-9-7-18-37(41)38-19-8-10-21-42(38)53)35-25-23-31-22-24-32-26-27-40-44(43(32)39(31)29-35)52-54(51-40)36-16-5-2-6-17-36/h1-29H. The van der Waals surface area contributed by atoms with Gasteiger partial charge in [-0.3, -0.25) is 4.57 Å². The number of fused-ring (bicyclic) bond motifs is 8. The molecular weight excluding hydrogens is 663 g/mol. The Labute approximate surface area is 309 Å². The molecule has 54 heavy (non-hydrogen) atoms. The number of hydrogen-bond acceptors (Lipinski definition) is 5. The van der Waals surface area contributed by atoms with Gasteiger partial charge in [0.1, 0.15) is 11.0 Å². The van der Waals surface area contributed by atoms with Crippen LogP contribution in [0, 0.1) is 0 Å². The number of benzene rings is 8. The largest absolute Gasteiger partial charge is 0.278 e. The lowest BCUT2D eigenvalue weighted by molar-refractivity contribution is 0.766. The second-order valence-electron chi connectivity index (χ2n) is 13.5. The summed E-state index contributed by atoms with van der Waals surface area (Å²) in [6, 6.07) is 60.6. The second kappa shape index (κ2) is 12.0. The predicted molar refractivity (Wildman–Crippen MR) is 218 cm³/mol. The minimum absolute atomic E-state index is 0.559. The topological polar surface area (TPSA) is 74.3 Å². The van der Waals surface area contributed by atoms with Crippen LogP contribution in [0.25, 0.3) is 99.9 Å². The Balaban J connectivity index is 1.16. The molecule has 0 atom stereocenters. The lowest BCUT2D eigenvalue weighted by Gasteiger charge is -2.12. The fourth-order valence-electron chi connectivity index (χ4n) is 7.66. The van der Waals surface area contributed by atoms with Crippen LogP contribution in [0.15, 0.2) is 176 Å². The summed E-state index contributed by atoms with van der Waals surface area (Å²) in [4.78, 5) is 17.4. The summed E-state index contributed by atoms with van der Waals surface area (Å²) in [5, 5.41) is 16.5. The summed E-state index contributed by atoms with van der Waals surface area (Å²) < 4.78 is 2.16. The monoisotopic (exact) mass is 691 g/mol. The third kappa shape index (κ3) is 4.87. The van der Waals surface area contributed by atoms with E-state index in [2.05, 4.69) is 138 Å². The molecule has 3 heterocycles. The summed E-state index contributed by atoms with van der Waals surface area (Å²) in [6.07, 6.45) is 0. The lowest BCUT2D eigenvalue weighted by Crippen LogP contribution is -2.06. The molecule has 3 aromatic heterocycles. The van der Waals surface area contributed by atoms with Crippen LogP contribution in [0.2, 0.25) is 0 Å². The number of aromatic nitrogens is 7. The number of rotatable bonds is 5. The zero-order chi connectivity index (χ0) is 35.6. The predicted octanol–water partition coefficient (Wildman–Crippen LogP) is 11.0. The molecule has 0 unspecified atom stereocenters. The van der Waals surface area contributed by atoms with Crippen molar-refractivity contribution < 1.29 is 0 Å². The zero-order valence-electron chi connectivity index (χ0n) is 28.9. The Morgan fingerprint density at radius 3 is 1.74 bits per heavy atom.